The number of anilines is 1. The Morgan fingerprint density at radius 3 is 2.00 bits per heavy atom. The Balaban J connectivity index is 0.00000169. The molecule has 72 valence electrons. The summed E-state index contributed by atoms with van der Waals surface area (Å²) in [4.78, 5) is 10.2. The van der Waals surface area contributed by atoms with Crippen molar-refractivity contribution < 1.29 is 5.03 Å². The Kier molecular flexibility index (Phi) is 6.84. The zero-order valence-corrected chi connectivity index (χ0v) is 10.8. The first kappa shape index (κ1) is 14.9. The van der Waals surface area contributed by atoms with Gasteiger partial charge in [0.05, 0.1) is 0 Å². The summed E-state index contributed by atoms with van der Waals surface area (Å²) in [6.45, 7) is 0. The summed E-state index contributed by atoms with van der Waals surface area (Å²) in [7, 11) is 0. The molecule has 0 aliphatic carbocycles. The van der Waals surface area contributed by atoms with E-state index in [0.29, 0.717) is 14.6 Å². The van der Waals surface area contributed by atoms with Gasteiger partial charge in [-0.2, -0.15) is 0 Å². The van der Waals surface area contributed by atoms with Crippen LogP contribution in [0, 0.1) is 10.1 Å². The van der Waals surface area contributed by atoms with Crippen LogP contribution < -0.4 is 5.43 Å². The van der Waals surface area contributed by atoms with Crippen molar-refractivity contribution in [1.82, 2.24) is 0 Å². The molecule has 0 saturated heterocycles. The normalized spacial score (nSPS) is 9.07. The predicted octanol–water partition coefficient (Wildman–Crippen LogP) is 2.93. The molecule has 0 radical (unpaired) electrons. The molecule has 1 rings (SSSR count). The van der Waals surface area contributed by atoms with Crippen LogP contribution in [0.2, 0.25) is 0 Å². The van der Waals surface area contributed by atoms with Crippen LogP contribution in [0.3, 0.4) is 0 Å². The van der Waals surface area contributed by atoms with Gasteiger partial charge in [-0.1, -0.05) is 15.9 Å². The van der Waals surface area contributed by atoms with Crippen molar-refractivity contribution in [2.45, 2.75) is 0 Å². The molecule has 14 heavy (non-hydrogen) atoms. The van der Waals surface area contributed by atoms with Crippen molar-refractivity contribution in [1.29, 1.82) is 0 Å². The van der Waals surface area contributed by atoms with Crippen molar-refractivity contribution in [2.75, 3.05) is 5.43 Å². The van der Waals surface area contributed by atoms with Crippen molar-refractivity contribution in [3.8, 4) is 0 Å². The fourth-order valence-electron chi connectivity index (χ4n) is 0.740. The number of rotatable bonds is 2. The van der Waals surface area contributed by atoms with Gasteiger partial charge in [-0.3, -0.25) is 0 Å². The van der Waals surface area contributed by atoms with Gasteiger partial charge in [0.15, 0.2) is 5.03 Å². The Hall–Kier alpha value is 0.860. The fraction of sp³-hybridized carbons (Fsp3) is 0. The summed E-state index contributed by atoms with van der Waals surface area (Å²) in [6.07, 6.45) is 0. The molecule has 0 aromatic heterocycles. The molecule has 0 atom stereocenters. The summed E-state index contributed by atoms with van der Waals surface area (Å²) in [5.41, 5.74) is 2.47. The van der Waals surface area contributed by atoms with Gasteiger partial charge < -0.3 is 0 Å². The second kappa shape index (κ2) is 6.44. The quantitative estimate of drug-likeness (QED) is 0.473. The maximum atomic E-state index is 10.2. The van der Waals surface area contributed by atoms with E-state index in [0.717, 1.165) is 4.47 Å². The number of halogens is 3. The van der Waals surface area contributed by atoms with Crippen molar-refractivity contribution in [3.63, 3.8) is 0 Å². The first-order valence-electron chi connectivity index (χ1n) is 3.06. The van der Waals surface area contributed by atoms with E-state index in [-0.39, 0.29) is 29.6 Å². The molecule has 0 heterocycles. The van der Waals surface area contributed by atoms with E-state index < -0.39 is 5.03 Å². The molecule has 1 aromatic rings. The molecule has 1 aromatic carbocycles. The average molecular weight is 399 g/mol. The van der Waals surface area contributed by atoms with Gasteiger partial charge in [-0.15, -0.1) is 5.43 Å². The number of hydrazine groups is 1. The van der Waals surface area contributed by atoms with Crippen LogP contribution in [0.15, 0.2) is 25.6 Å². The Morgan fingerprint density at radius 2 is 1.64 bits per heavy atom. The van der Waals surface area contributed by atoms with Gasteiger partial charge in [0.1, 0.15) is 5.69 Å². The second-order valence-electron chi connectivity index (χ2n) is 2.11. The molecule has 0 unspecified atom stereocenters. The number of nitrogens with zero attached hydrogens (tertiary/aromatic N) is 1. The third kappa shape index (κ3) is 4.16. The molecule has 4 nitrogen and oxygen atoms in total. The average Bonchev–Trinajstić information content (AvgIpc) is 1.96. The molecule has 0 aliphatic rings. The Labute approximate surface area is 128 Å². The van der Waals surface area contributed by atoms with Gasteiger partial charge in [0.25, 0.3) is 0 Å². The van der Waals surface area contributed by atoms with E-state index in [2.05, 4.69) is 53.2 Å². The molecular weight excluding hydrogens is 395 g/mol. The Morgan fingerprint density at radius 1 is 1.21 bits per heavy atom. The van der Waals surface area contributed by atoms with Crippen molar-refractivity contribution >= 4 is 83.0 Å². The van der Waals surface area contributed by atoms with Crippen LogP contribution in [0.1, 0.15) is 0 Å². The molecule has 0 bridgehead atoms. The van der Waals surface area contributed by atoms with Crippen molar-refractivity contribution in [3.05, 3.63) is 35.7 Å². The predicted molar refractivity (Wildman–Crippen MR) is 67.3 cm³/mol. The third-order valence-electron chi connectivity index (χ3n) is 1.21. The zero-order valence-electron chi connectivity index (χ0n) is 6.05. The van der Waals surface area contributed by atoms with Crippen LogP contribution in [-0.2, 0) is 0 Å². The number of nitrogens with one attached hydrogen (secondary N) is 1. The Bertz CT molecular complexity index is 338. The SMILES string of the molecule is O=[N+]([O-])Nc1c(Br)cc(Br)cc1Br.[NaH]. The molecule has 0 aliphatic heterocycles. The zero-order chi connectivity index (χ0) is 10.0. The van der Waals surface area contributed by atoms with Gasteiger partial charge in [0.2, 0.25) is 0 Å². The molecule has 0 spiro atoms. The van der Waals surface area contributed by atoms with E-state index in [9.17, 15) is 10.1 Å². The fourth-order valence-corrected chi connectivity index (χ4v) is 3.18. The van der Waals surface area contributed by atoms with Crippen LogP contribution in [0.5, 0.6) is 0 Å². The van der Waals surface area contributed by atoms with Crippen LogP contribution in [0.4, 0.5) is 5.69 Å². The van der Waals surface area contributed by atoms with Crippen LogP contribution >= 0.6 is 47.8 Å². The van der Waals surface area contributed by atoms with E-state index in [1.165, 1.54) is 0 Å². The van der Waals surface area contributed by atoms with E-state index in [4.69, 9.17) is 0 Å². The van der Waals surface area contributed by atoms with Crippen LogP contribution in [0.25, 0.3) is 0 Å². The summed E-state index contributed by atoms with van der Waals surface area (Å²) < 4.78 is 2.07. The maximum absolute atomic E-state index is 10.2. The van der Waals surface area contributed by atoms with E-state index in [1.54, 1.807) is 12.1 Å². The van der Waals surface area contributed by atoms with Gasteiger partial charge in [-0.25, -0.2) is 10.1 Å². The minimum atomic E-state index is -0.612. The summed E-state index contributed by atoms with van der Waals surface area (Å²) in [6, 6.07) is 3.44. The van der Waals surface area contributed by atoms with Crippen LogP contribution in [-0.4, -0.2) is 34.6 Å². The van der Waals surface area contributed by atoms with Gasteiger partial charge in [-0.05, 0) is 44.0 Å². The summed E-state index contributed by atoms with van der Waals surface area (Å²) >= 11 is 9.65. The molecule has 0 saturated carbocycles. The summed E-state index contributed by atoms with van der Waals surface area (Å²) in [5.74, 6) is 0. The third-order valence-corrected chi connectivity index (χ3v) is 2.92. The molecular formula is C6H4Br3N2NaO2. The first-order chi connectivity index (χ1) is 6.00. The molecule has 1 N–H and O–H groups in total. The monoisotopic (exact) mass is 396 g/mol. The number of hydrogen-bond donors (Lipinski definition) is 1. The van der Waals surface area contributed by atoms with Gasteiger partial charge >= 0.3 is 29.6 Å². The van der Waals surface area contributed by atoms with E-state index in [1.807, 2.05) is 0 Å². The first-order valence-corrected chi connectivity index (χ1v) is 5.44. The molecule has 8 heteroatoms. The standard InChI is InChI=1S/C6H3Br3N2O2.Na.H/c7-3-1-4(8)6(5(9)2-3)10-11(12)13;;/h1-2,10H;;. The molecule has 0 fully saturated rings. The number of hydrogen-bond acceptors (Lipinski definition) is 2. The summed E-state index contributed by atoms with van der Waals surface area (Å²) in [5, 5.41) is 9.59. The van der Waals surface area contributed by atoms with Crippen molar-refractivity contribution in [2.24, 2.45) is 0 Å². The molecule has 0 amide bonds. The number of nitro groups is 1. The number of benzene rings is 1. The second-order valence-corrected chi connectivity index (χ2v) is 4.74. The minimum absolute atomic E-state index is 0. The topological polar surface area (TPSA) is 55.2 Å². The van der Waals surface area contributed by atoms with Gasteiger partial charge in [0, 0.05) is 13.4 Å². The van der Waals surface area contributed by atoms with E-state index >= 15 is 0 Å².